The van der Waals surface area contributed by atoms with Crippen molar-refractivity contribution in [3.05, 3.63) is 120 Å². The minimum absolute atomic E-state index is 0.567. The van der Waals surface area contributed by atoms with Crippen LogP contribution in [-0.2, 0) is 0 Å². The Hall–Kier alpha value is -3.82. The fourth-order valence-electron chi connectivity index (χ4n) is 3.62. The van der Waals surface area contributed by atoms with E-state index in [0.29, 0.717) is 11.3 Å². The lowest BCUT2D eigenvalue weighted by atomic mass is 10.0. The summed E-state index contributed by atoms with van der Waals surface area (Å²) in [5.41, 5.74) is 8.43. The third-order valence-electron chi connectivity index (χ3n) is 5.55. The van der Waals surface area contributed by atoms with Crippen LogP contribution < -0.4 is 9.64 Å². The van der Waals surface area contributed by atoms with Crippen molar-refractivity contribution in [1.82, 2.24) is 0 Å². The first kappa shape index (κ1) is 22.4. The summed E-state index contributed by atoms with van der Waals surface area (Å²) in [6.07, 6.45) is -1.01. The second-order valence-corrected chi connectivity index (χ2v) is 8.40. The van der Waals surface area contributed by atoms with Crippen molar-refractivity contribution in [3.63, 3.8) is 0 Å². The van der Waals surface area contributed by atoms with E-state index >= 15 is 0 Å². The minimum atomic E-state index is -1.01. The molecule has 166 valence electrons. The van der Waals surface area contributed by atoms with Crippen LogP contribution in [0.15, 0.2) is 109 Å². The van der Waals surface area contributed by atoms with Crippen molar-refractivity contribution in [2.24, 2.45) is 0 Å². The molecule has 0 radical (unpaired) electrons. The van der Waals surface area contributed by atoms with Crippen molar-refractivity contribution in [1.29, 1.82) is 0 Å². The van der Waals surface area contributed by atoms with Crippen LogP contribution in [0.5, 0.6) is 5.75 Å². The van der Waals surface area contributed by atoms with Crippen LogP contribution in [-0.4, -0.2) is 11.4 Å². The number of aliphatic hydroxyl groups excluding tert-OH is 1. The minimum Gasteiger partial charge on any atom is -0.461 e. The number of aryl methyl sites for hydroxylation is 2. The summed E-state index contributed by atoms with van der Waals surface area (Å²) in [7, 11) is 0. The van der Waals surface area contributed by atoms with Gasteiger partial charge in [-0.05, 0) is 86.0 Å². The van der Waals surface area contributed by atoms with Gasteiger partial charge in [0.25, 0.3) is 0 Å². The van der Waals surface area contributed by atoms with Gasteiger partial charge in [-0.1, -0.05) is 66.2 Å². The molecular weight excluding hydrogens is 406 g/mol. The first-order valence-corrected chi connectivity index (χ1v) is 11.0. The standard InChI is InChI=1S/C30H29NO2/c1-21(2)30(32)33-29-7-5-6-25(20-29)24-12-18-28(19-13-24)31(26-14-8-22(3)9-15-26)27-16-10-23(4)11-17-27/h5-20,30,32H,1H2,2-4H3. The van der Waals surface area contributed by atoms with Crippen LogP contribution in [0, 0.1) is 13.8 Å². The van der Waals surface area contributed by atoms with Crippen molar-refractivity contribution in [2.45, 2.75) is 27.1 Å². The van der Waals surface area contributed by atoms with Gasteiger partial charge in [-0.2, -0.15) is 0 Å². The SMILES string of the molecule is C=C(C)C(O)Oc1cccc(-c2ccc(N(c3ccc(C)cc3)c3ccc(C)cc3)cc2)c1. The summed E-state index contributed by atoms with van der Waals surface area (Å²) < 4.78 is 5.58. The zero-order valence-corrected chi connectivity index (χ0v) is 19.3. The summed E-state index contributed by atoms with van der Waals surface area (Å²) in [4.78, 5) is 2.26. The van der Waals surface area contributed by atoms with E-state index in [1.165, 1.54) is 11.1 Å². The van der Waals surface area contributed by atoms with E-state index in [-0.39, 0.29) is 0 Å². The molecule has 4 aromatic rings. The molecule has 0 saturated heterocycles. The number of hydrogen-bond donors (Lipinski definition) is 1. The Bertz CT molecular complexity index is 1180. The predicted molar refractivity (Wildman–Crippen MR) is 137 cm³/mol. The van der Waals surface area contributed by atoms with E-state index in [1.54, 1.807) is 6.92 Å². The van der Waals surface area contributed by atoms with Gasteiger partial charge in [0.05, 0.1) is 0 Å². The van der Waals surface area contributed by atoms with Gasteiger partial charge < -0.3 is 14.7 Å². The second-order valence-electron chi connectivity index (χ2n) is 8.40. The smallest absolute Gasteiger partial charge is 0.219 e. The monoisotopic (exact) mass is 435 g/mol. The topological polar surface area (TPSA) is 32.7 Å². The normalized spacial score (nSPS) is 11.6. The third-order valence-corrected chi connectivity index (χ3v) is 5.55. The Kier molecular flexibility index (Phi) is 6.62. The molecule has 4 aromatic carbocycles. The Morgan fingerprint density at radius 1 is 0.727 bits per heavy atom. The Morgan fingerprint density at radius 2 is 1.21 bits per heavy atom. The molecule has 0 aromatic heterocycles. The molecule has 0 fully saturated rings. The number of anilines is 3. The van der Waals surface area contributed by atoms with Gasteiger partial charge in [0.15, 0.2) is 0 Å². The van der Waals surface area contributed by atoms with Gasteiger partial charge in [-0.15, -0.1) is 0 Å². The summed E-state index contributed by atoms with van der Waals surface area (Å²) in [5.74, 6) is 0.605. The lowest BCUT2D eigenvalue weighted by molar-refractivity contribution is 0.0151. The molecule has 0 saturated carbocycles. The largest absolute Gasteiger partial charge is 0.461 e. The highest BCUT2D eigenvalue weighted by atomic mass is 16.6. The van der Waals surface area contributed by atoms with E-state index < -0.39 is 6.29 Å². The molecule has 3 heteroatoms. The number of rotatable bonds is 7. The Balaban J connectivity index is 1.66. The Morgan fingerprint density at radius 3 is 1.70 bits per heavy atom. The highest BCUT2D eigenvalue weighted by molar-refractivity contribution is 5.78. The highest BCUT2D eigenvalue weighted by Gasteiger charge is 2.13. The summed E-state index contributed by atoms with van der Waals surface area (Å²) in [6, 6.07) is 33.3. The van der Waals surface area contributed by atoms with Crippen LogP contribution in [0.1, 0.15) is 18.1 Å². The van der Waals surface area contributed by atoms with E-state index in [1.807, 2.05) is 24.3 Å². The Labute approximate surface area is 196 Å². The highest BCUT2D eigenvalue weighted by Crippen LogP contribution is 2.36. The van der Waals surface area contributed by atoms with E-state index in [9.17, 15) is 5.11 Å². The first-order valence-electron chi connectivity index (χ1n) is 11.0. The molecule has 0 amide bonds. The average Bonchev–Trinajstić information content (AvgIpc) is 2.82. The fourth-order valence-corrected chi connectivity index (χ4v) is 3.62. The summed E-state index contributed by atoms with van der Waals surface area (Å²) in [5, 5.41) is 9.96. The number of aliphatic hydroxyl groups is 1. The number of benzene rings is 4. The number of nitrogens with zero attached hydrogens (tertiary/aromatic N) is 1. The average molecular weight is 436 g/mol. The van der Waals surface area contributed by atoms with Gasteiger partial charge in [0.2, 0.25) is 6.29 Å². The second kappa shape index (κ2) is 9.76. The lowest BCUT2D eigenvalue weighted by Gasteiger charge is -2.26. The van der Waals surface area contributed by atoms with Crippen LogP contribution >= 0.6 is 0 Å². The van der Waals surface area contributed by atoms with Gasteiger partial charge in [0.1, 0.15) is 5.75 Å². The van der Waals surface area contributed by atoms with Crippen molar-refractivity contribution in [2.75, 3.05) is 4.90 Å². The summed E-state index contributed by atoms with van der Waals surface area (Å²) >= 11 is 0. The molecule has 1 atom stereocenters. The van der Waals surface area contributed by atoms with Crippen LogP contribution in [0.3, 0.4) is 0 Å². The van der Waals surface area contributed by atoms with Gasteiger partial charge in [-0.3, -0.25) is 0 Å². The van der Waals surface area contributed by atoms with Crippen LogP contribution in [0.4, 0.5) is 17.1 Å². The molecule has 0 aliphatic rings. The maximum absolute atomic E-state index is 9.96. The molecule has 1 N–H and O–H groups in total. The third kappa shape index (κ3) is 5.33. The maximum Gasteiger partial charge on any atom is 0.219 e. The molecule has 3 nitrogen and oxygen atoms in total. The molecule has 0 aliphatic carbocycles. The van der Waals surface area contributed by atoms with E-state index in [4.69, 9.17) is 4.74 Å². The molecule has 0 bridgehead atoms. The maximum atomic E-state index is 9.96. The molecule has 4 rings (SSSR count). The van der Waals surface area contributed by atoms with Crippen molar-refractivity contribution >= 4 is 17.1 Å². The first-order chi connectivity index (χ1) is 15.9. The van der Waals surface area contributed by atoms with Gasteiger partial charge in [0, 0.05) is 17.1 Å². The van der Waals surface area contributed by atoms with Gasteiger partial charge in [-0.25, -0.2) is 0 Å². The van der Waals surface area contributed by atoms with Gasteiger partial charge >= 0.3 is 0 Å². The summed E-state index contributed by atoms with van der Waals surface area (Å²) in [6.45, 7) is 9.67. The molecule has 0 spiro atoms. The molecule has 0 aliphatic heterocycles. The number of hydrogen-bond acceptors (Lipinski definition) is 3. The van der Waals surface area contributed by atoms with E-state index in [0.717, 1.165) is 28.2 Å². The zero-order valence-electron chi connectivity index (χ0n) is 19.3. The van der Waals surface area contributed by atoms with Crippen LogP contribution in [0.2, 0.25) is 0 Å². The van der Waals surface area contributed by atoms with Crippen molar-refractivity contribution in [3.8, 4) is 16.9 Å². The lowest BCUT2D eigenvalue weighted by Crippen LogP contribution is -2.15. The molecule has 33 heavy (non-hydrogen) atoms. The zero-order chi connectivity index (χ0) is 23.4. The quantitative estimate of drug-likeness (QED) is 0.238. The molecule has 1 unspecified atom stereocenters. The molecule has 0 heterocycles. The van der Waals surface area contributed by atoms with E-state index in [2.05, 4.69) is 98.1 Å². The fraction of sp³-hybridized carbons (Fsp3) is 0.133. The van der Waals surface area contributed by atoms with Crippen molar-refractivity contribution < 1.29 is 9.84 Å². The molecular formula is C30H29NO2. The van der Waals surface area contributed by atoms with Crippen LogP contribution in [0.25, 0.3) is 11.1 Å². The number of ether oxygens (including phenoxy) is 1. The predicted octanol–water partition coefficient (Wildman–Crippen LogP) is 7.71.